The molecule has 2 unspecified atom stereocenters. The molecule has 2 aliphatic carbocycles. The fourth-order valence-electron chi connectivity index (χ4n) is 6.23. The van der Waals surface area contributed by atoms with Crippen LogP contribution >= 0.6 is 0 Å². The van der Waals surface area contributed by atoms with Crippen LogP contribution in [0.1, 0.15) is 68.9 Å². The Labute approximate surface area is 233 Å². The number of phenols is 2. The third kappa shape index (κ3) is 4.10. The molecule has 41 heavy (non-hydrogen) atoms. The number of hydrogen-bond acceptors (Lipinski definition) is 10. The Balaban J connectivity index is 1.70. The standard InChI is InChI=1S/C31H26O10/c1-30(38)9-14-6-13-4-5-16-22-15(7-17-25(27(22)36)18(32)8-20(40-3)26(17)35)10-31(2,39)12-21(34)41-29(16)24(13)28(37)23(14)19(33)11-30/h4-8,36-39H,9-12H2,1-3H3. The van der Waals surface area contributed by atoms with E-state index in [-0.39, 0.29) is 69.5 Å². The Morgan fingerprint density at radius 1 is 0.805 bits per heavy atom. The van der Waals surface area contributed by atoms with E-state index >= 15 is 0 Å². The number of rotatable bonds is 1. The van der Waals surface area contributed by atoms with Crippen LogP contribution in [-0.4, -0.2) is 62.1 Å². The lowest BCUT2D eigenvalue weighted by Gasteiger charge is -2.30. The molecule has 3 aromatic rings. The first-order valence-electron chi connectivity index (χ1n) is 13.0. The first-order valence-corrected chi connectivity index (χ1v) is 13.0. The molecule has 4 N–H and O–H groups in total. The second-order valence-corrected chi connectivity index (χ2v) is 11.5. The number of benzene rings is 3. The van der Waals surface area contributed by atoms with Crippen molar-refractivity contribution < 1.29 is 49.1 Å². The number of carbonyl (C=O) groups excluding carboxylic acids is 4. The van der Waals surface area contributed by atoms with Gasteiger partial charge >= 0.3 is 5.97 Å². The quantitative estimate of drug-likeness (QED) is 0.257. The van der Waals surface area contributed by atoms with Crippen molar-refractivity contribution in [1.82, 2.24) is 0 Å². The summed E-state index contributed by atoms with van der Waals surface area (Å²) in [7, 11) is 1.24. The third-order valence-corrected chi connectivity index (χ3v) is 7.87. The van der Waals surface area contributed by atoms with Crippen LogP contribution in [-0.2, 0) is 22.4 Å². The van der Waals surface area contributed by atoms with E-state index in [9.17, 15) is 39.6 Å². The Kier molecular flexibility index (Phi) is 5.68. The highest BCUT2D eigenvalue weighted by molar-refractivity contribution is 6.26. The van der Waals surface area contributed by atoms with Gasteiger partial charge in [0.25, 0.3) is 0 Å². The maximum atomic E-state index is 13.1. The number of methoxy groups -OCH3 is 1. The maximum absolute atomic E-state index is 13.1. The van der Waals surface area contributed by atoms with Gasteiger partial charge in [0.15, 0.2) is 17.3 Å². The smallest absolute Gasteiger partial charge is 0.314 e. The minimum absolute atomic E-state index is 0.00626. The van der Waals surface area contributed by atoms with E-state index in [1.54, 1.807) is 12.1 Å². The fraction of sp³-hybridized carbons (Fsp3) is 0.290. The van der Waals surface area contributed by atoms with Crippen LogP contribution in [0.3, 0.4) is 0 Å². The normalized spacial score (nSPS) is 23.8. The van der Waals surface area contributed by atoms with Crippen molar-refractivity contribution in [1.29, 1.82) is 0 Å². The molecule has 210 valence electrons. The molecule has 0 amide bonds. The van der Waals surface area contributed by atoms with Crippen LogP contribution < -0.4 is 4.74 Å². The number of aromatic hydroxyl groups is 2. The summed E-state index contributed by atoms with van der Waals surface area (Å²) in [4.78, 5) is 52.2. The van der Waals surface area contributed by atoms with Crippen molar-refractivity contribution >= 4 is 34.1 Å². The zero-order valence-electron chi connectivity index (χ0n) is 22.5. The minimum Gasteiger partial charge on any atom is -0.506 e. The van der Waals surface area contributed by atoms with Gasteiger partial charge in [0, 0.05) is 42.0 Å². The highest BCUT2D eigenvalue weighted by Gasteiger charge is 2.39. The summed E-state index contributed by atoms with van der Waals surface area (Å²) in [5.41, 5.74) is -2.59. The molecule has 0 bridgehead atoms. The molecule has 10 heteroatoms. The number of esters is 1. The topological polar surface area (TPSA) is 168 Å². The second-order valence-electron chi connectivity index (χ2n) is 11.5. The predicted molar refractivity (Wildman–Crippen MR) is 144 cm³/mol. The molecule has 1 aliphatic heterocycles. The van der Waals surface area contributed by atoms with Gasteiger partial charge in [-0.15, -0.1) is 0 Å². The second kappa shape index (κ2) is 8.73. The molecule has 3 aromatic carbocycles. The summed E-state index contributed by atoms with van der Waals surface area (Å²) in [6, 6.07) is 6.12. The average Bonchev–Trinajstić information content (AvgIpc) is 2.88. The molecule has 0 saturated carbocycles. The van der Waals surface area contributed by atoms with Crippen LogP contribution in [0.5, 0.6) is 17.2 Å². The summed E-state index contributed by atoms with van der Waals surface area (Å²) < 4.78 is 10.8. The largest absolute Gasteiger partial charge is 0.506 e. The van der Waals surface area contributed by atoms with Crippen molar-refractivity contribution in [2.75, 3.05) is 7.11 Å². The Hall–Kier alpha value is -4.54. The van der Waals surface area contributed by atoms with Gasteiger partial charge in [-0.25, -0.2) is 0 Å². The van der Waals surface area contributed by atoms with Gasteiger partial charge < -0.3 is 29.9 Å². The SMILES string of the molecule is COC1=CC(=O)c2c(cc3c(c2O)-c2ccc4cc5c(c(O)c4c2OC(=O)CC(C)(O)C3)C(=O)CC(C)(O)C5)C1=O. The number of hydrogen-bond donors (Lipinski definition) is 4. The number of Topliss-reactive ketones (excluding diaryl/α,β-unsaturated/α-hetero) is 2. The molecule has 3 aliphatic rings. The van der Waals surface area contributed by atoms with Gasteiger partial charge in [-0.3, -0.25) is 19.2 Å². The summed E-state index contributed by atoms with van der Waals surface area (Å²) in [6.45, 7) is 2.93. The first-order chi connectivity index (χ1) is 19.2. The van der Waals surface area contributed by atoms with Crippen LogP contribution in [0, 0.1) is 0 Å². The maximum Gasteiger partial charge on any atom is 0.314 e. The monoisotopic (exact) mass is 558 g/mol. The number of carbonyl (C=O) groups is 4. The van der Waals surface area contributed by atoms with Crippen LogP contribution in [0.4, 0.5) is 0 Å². The van der Waals surface area contributed by atoms with Crippen LogP contribution in [0.15, 0.2) is 36.1 Å². The van der Waals surface area contributed by atoms with E-state index in [0.29, 0.717) is 10.9 Å². The Morgan fingerprint density at radius 3 is 2.15 bits per heavy atom. The van der Waals surface area contributed by atoms with E-state index in [0.717, 1.165) is 6.08 Å². The van der Waals surface area contributed by atoms with Gasteiger partial charge in [-0.2, -0.15) is 0 Å². The lowest BCUT2D eigenvalue weighted by atomic mass is 9.78. The van der Waals surface area contributed by atoms with E-state index in [4.69, 9.17) is 9.47 Å². The van der Waals surface area contributed by atoms with Gasteiger partial charge in [0.05, 0.1) is 41.2 Å². The lowest BCUT2D eigenvalue weighted by Crippen LogP contribution is -2.35. The molecule has 0 radical (unpaired) electrons. The molecular weight excluding hydrogens is 532 g/mol. The van der Waals surface area contributed by atoms with Crippen molar-refractivity contribution in [2.45, 2.75) is 50.7 Å². The molecule has 2 atom stereocenters. The van der Waals surface area contributed by atoms with E-state index in [1.165, 1.54) is 33.1 Å². The fourth-order valence-corrected chi connectivity index (χ4v) is 6.23. The van der Waals surface area contributed by atoms with E-state index < -0.39 is 52.4 Å². The van der Waals surface area contributed by atoms with Gasteiger partial charge in [-0.1, -0.05) is 6.07 Å². The molecule has 10 nitrogen and oxygen atoms in total. The summed E-state index contributed by atoms with van der Waals surface area (Å²) >= 11 is 0. The zero-order chi connectivity index (χ0) is 29.6. The first kappa shape index (κ1) is 26.7. The molecule has 0 aromatic heterocycles. The number of fused-ring (bicyclic) bond motifs is 7. The van der Waals surface area contributed by atoms with Crippen LogP contribution in [0.25, 0.3) is 21.9 Å². The average molecular weight is 559 g/mol. The lowest BCUT2D eigenvalue weighted by molar-refractivity contribution is -0.138. The Bertz CT molecular complexity index is 1790. The van der Waals surface area contributed by atoms with Gasteiger partial charge in [0.1, 0.15) is 17.2 Å². The van der Waals surface area contributed by atoms with E-state index in [2.05, 4.69) is 0 Å². The molecule has 1 heterocycles. The van der Waals surface area contributed by atoms with Crippen LogP contribution in [0.2, 0.25) is 0 Å². The number of allylic oxidation sites excluding steroid dienone is 2. The van der Waals surface area contributed by atoms with Crippen molar-refractivity contribution in [2.24, 2.45) is 0 Å². The third-order valence-electron chi connectivity index (χ3n) is 7.87. The summed E-state index contributed by atoms with van der Waals surface area (Å²) in [6.07, 6.45) is 0.179. The van der Waals surface area contributed by atoms with E-state index in [1.807, 2.05) is 0 Å². The Morgan fingerprint density at radius 2 is 1.46 bits per heavy atom. The molecular formula is C31H26O10. The summed E-state index contributed by atoms with van der Waals surface area (Å²) in [5.74, 6) is -4.07. The number of ketones is 3. The van der Waals surface area contributed by atoms with Gasteiger partial charge in [0.2, 0.25) is 5.78 Å². The molecule has 0 spiro atoms. The number of aliphatic hydroxyl groups is 2. The van der Waals surface area contributed by atoms with Crippen molar-refractivity contribution in [3.8, 4) is 28.4 Å². The highest BCUT2D eigenvalue weighted by Crippen LogP contribution is 2.51. The van der Waals surface area contributed by atoms with Crippen molar-refractivity contribution in [3.05, 3.63) is 63.9 Å². The zero-order valence-corrected chi connectivity index (χ0v) is 22.5. The predicted octanol–water partition coefficient (Wildman–Crippen LogP) is 3.31. The van der Waals surface area contributed by atoms with Gasteiger partial charge in [-0.05, 0) is 48.6 Å². The van der Waals surface area contributed by atoms with Crippen molar-refractivity contribution in [3.63, 3.8) is 0 Å². The molecule has 0 saturated heterocycles. The minimum atomic E-state index is -1.69. The number of phenolic OH excluding ortho intramolecular Hbond substituents is 2. The molecule has 0 fully saturated rings. The highest BCUT2D eigenvalue weighted by atomic mass is 16.5. The number of ether oxygens (including phenoxy) is 2. The molecule has 6 rings (SSSR count). The summed E-state index contributed by atoms with van der Waals surface area (Å²) in [5, 5.41) is 45.1.